The molecule has 0 aromatic rings. The van der Waals surface area contributed by atoms with E-state index in [0.717, 1.165) is 0 Å². The third kappa shape index (κ3) is 6.00. The summed E-state index contributed by atoms with van der Waals surface area (Å²) >= 11 is 0. The Morgan fingerprint density at radius 1 is 1.12 bits per heavy atom. The summed E-state index contributed by atoms with van der Waals surface area (Å²) in [5.41, 5.74) is 0. The first-order chi connectivity index (χ1) is 7.51. The third-order valence-electron chi connectivity index (χ3n) is 2.15. The molecule has 0 radical (unpaired) electrons. The number of nitrogens with one attached hydrogen (secondary N) is 2. The van der Waals surface area contributed by atoms with Gasteiger partial charge in [0.25, 0.3) is 0 Å². The molecule has 16 heavy (non-hydrogen) atoms. The predicted octanol–water partition coefficient (Wildman–Crippen LogP) is -0.260. The first-order valence-corrected chi connectivity index (χ1v) is 5.27. The predicted molar refractivity (Wildman–Crippen MR) is 57.7 cm³/mol. The molecule has 0 rings (SSSR count). The quantitative estimate of drug-likeness (QED) is 0.561. The van der Waals surface area contributed by atoms with Crippen molar-refractivity contribution in [3.8, 4) is 0 Å². The average molecular weight is 230 g/mol. The fourth-order valence-electron chi connectivity index (χ4n) is 1.01. The number of amides is 2. The zero-order chi connectivity index (χ0) is 12.6. The smallest absolute Gasteiger partial charge is 0.308 e. The molecular weight excluding hydrogens is 212 g/mol. The molecular formula is C10H18N2O4. The van der Waals surface area contributed by atoms with Gasteiger partial charge in [0.15, 0.2) is 0 Å². The van der Waals surface area contributed by atoms with Gasteiger partial charge in [0.2, 0.25) is 11.8 Å². The van der Waals surface area contributed by atoms with Gasteiger partial charge >= 0.3 is 5.97 Å². The highest BCUT2D eigenvalue weighted by Crippen LogP contribution is 1.99. The van der Waals surface area contributed by atoms with Gasteiger partial charge in [0, 0.05) is 13.0 Å². The molecule has 0 spiro atoms. The van der Waals surface area contributed by atoms with E-state index in [0.29, 0.717) is 12.8 Å². The SMILES string of the molecule is CCC(=O)NCC(=O)NCC(CC)C(=O)O. The highest BCUT2D eigenvalue weighted by Gasteiger charge is 2.15. The lowest BCUT2D eigenvalue weighted by molar-refractivity contribution is -0.141. The number of hydrogen-bond acceptors (Lipinski definition) is 3. The highest BCUT2D eigenvalue weighted by molar-refractivity contribution is 5.84. The number of carbonyl (C=O) groups is 3. The molecule has 6 heteroatoms. The van der Waals surface area contributed by atoms with Gasteiger partial charge in [-0.3, -0.25) is 14.4 Å². The topological polar surface area (TPSA) is 95.5 Å². The van der Waals surface area contributed by atoms with Crippen molar-refractivity contribution in [2.75, 3.05) is 13.1 Å². The Morgan fingerprint density at radius 3 is 2.19 bits per heavy atom. The molecule has 0 fully saturated rings. The van der Waals surface area contributed by atoms with Crippen LogP contribution in [0.3, 0.4) is 0 Å². The molecule has 0 aromatic heterocycles. The lowest BCUT2D eigenvalue weighted by Gasteiger charge is -2.11. The van der Waals surface area contributed by atoms with Crippen LogP contribution in [-0.4, -0.2) is 36.0 Å². The summed E-state index contributed by atoms with van der Waals surface area (Å²) in [6, 6.07) is 0. The highest BCUT2D eigenvalue weighted by atomic mass is 16.4. The van der Waals surface area contributed by atoms with Crippen LogP contribution in [0, 0.1) is 5.92 Å². The summed E-state index contributed by atoms with van der Waals surface area (Å²) < 4.78 is 0. The molecule has 6 nitrogen and oxygen atoms in total. The Hall–Kier alpha value is -1.59. The van der Waals surface area contributed by atoms with Crippen LogP contribution in [0.15, 0.2) is 0 Å². The number of hydrogen-bond donors (Lipinski definition) is 3. The number of rotatable bonds is 7. The summed E-state index contributed by atoms with van der Waals surface area (Å²) in [7, 11) is 0. The van der Waals surface area contributed by atoms with Gasteiger partial charge in [-0.1, -0.05) is 13.8 Å². The second kappa shape index (κ2) is 7.67. The molecule has 0 saturated heterocycles. The van der Waals surface area contributed by atoms with Crippen molar-refractivity contribution in [1.82, 2.24) is 10.6 Å². The minimum Gasteiger partial charge on any atom is -0.481 e. The van der Waals surface area contributed by atoms with Crippen LogP contribution >= 0.6 is 0 Å². The number of carboxylic acids is 1. The van der Waals surface area contributed by atoms with Gasteiger partial charge < -0.3 is 15.7 Å². The van der Waals surface area contributed by atoms with Crippen LogP contribution in [0.5, 0.6) is 0 Å². The molecule has 0 aliphatic rings. The van der Waals surface area contributed by atoms with Crippen LogP contribution in [0.1, 0.15) is 26.7 Å². The molecule has 1 atom stereocenters. The molecule has 0 saturated carbocycles. The summed E-state index contributed by atoms with van der Waals surface area (Å²) in [5.74, 6) is -2.09. The number of carboxylic acid groups (broad SMARTS) is 1. The van der Waals surface area contributed by atoms with Crippen LogP contribution in [-0.2, 0) is 14.4 Å². The Labute approximate surface area is 94.4 Å². The maximum absolute atomic E-state index is 11.2. The fourth-order valence-corrected chi connectivity index (χ4v) is 1.01. The maximum Gasteiger partial charge on any atom is 0.308 e. The standard InChI is InChI=1S/C10H18N2O4/c1-3-7(10(15)16)5-11-9(14)6-12-8(13)4-2/h7H,3-6H2,1-2H3,(H,11,14)(H,12,13)(H,15,16). The zero-order valence-electron chi connectivity index (χ0n) is 9.58. The summed E-state index contributed by atoms with van der Waals surface area (Å²) in [6.07, 6.45) is 0.775. The van der Waals surface area contributed by atoms with E-state index in [1.807, 2.05) is 0 Å². The van der Waals surface area contributed by atoms with E-state index < -0.39 is 11.9 Å². The summed E-state index contributed by atoms with van der Waals surface area (Å²) in [6.45, 7) is 3.41. The van der Waals surface area contributed by atoms with Crippen molar-refractivity contribution >= 4 is 17.8 Å². The van der Waals surface area contributed by atoms with E-state index in [9.17, 15) is 14.4 Å². The summed E-state index contributed by atoms with van der Waals surface area (Å²) in [5, 5.41) is 13.6. The van der Waals surface area contributed by atoms with Gasteiger partial charge in [-0.2, -0.15) is 0 Å². The second-order valence-electron chi connectivity index (χ2n) is 3.38. The number of aliphatic carboxylic acids is 1. The van der Waals surface area contributed by atoms with Gasteiger partial charge in [-0.25, -0.2) is 0 Å². The van der Waals surface area contributed by atoms with E-state index in [1.165, 1.54) is 0 Å². The molecule has 0 aliphatic heterocycles. The molecule has 92 valence electrons. The van der Waals surface area contributed by atoms with Crippen LogP contribution in [0.4, 0.5) is 0 Å². The van der Waals surface area contributed by atoms with E-state index in [2.05, 4.69) is 10.6 Å². The lowest BCUT2D eigenvalue weighted by atomic mass is 10.1. The van der Waals surface area contributed by atoms with Crippen LogP contribution in [0.2, 0.25) is 0 Å². The van der Waals surface area contributed by atoms with Crippen LogP contribution in [0.25, 0.3) is 0 Å². The molecule has 1 unspecified atom stereocenters. The Balaban J connectivity index is 3.80. The maximum atomic E-state index is 11.2. The monoisotopic (exact) mass is 230 g/mol. The van der Waals surface area contributed by atoms with Gasteiger partial charge in [0.05, 0.1) is 12.5 Å². The largest absolute Gasteiger partial charge is 0.481 e. The average Bonchev–Trinajstić information content (AvgIpc) is 2.26. The van der Waals surface area contributed by atoms with Gasteiger partial charge in [-0.05, 0) is 6.42 Å². The Morgan fingerprint density at radius 2 is 1.75 bits per heavy atom. The molecule has 0 aromatic carbocycles. The molecule has 2 amide bonds. The normalized spacial score (nSPS) is 11.6. The summed E-state index contributed by atoms with van der Waals surface area (Å²) in [4.78, 5) is 32.7. The third-order valence-corrected chi connectivity index (χ3v) is 2.15. The van der Waals surface area contributed by atoms with Crippen molar-refractivity contribution < 1.29 is 19.5 Å². The van der Waals surface area contributed by atoms with Crippen LogP contribution < -0.4 is 10.6 Å². The van der Waals surface area contributed by atoms with Crippen molar-refractivity contribution in [2.45, 2.75) is 26.7 Å². The van der Waals surface area contributed by atoms with Crippen molar-refractivity contribution in [3.63, 3.8) is 0 Å². The first-order valence-electron chi connectivity index (χ1n) is 5.27. The lowest BCUT2D eigenvalue weighted by Crippen LogP contribution is -2.39. The van der Waals surface area contributed by atoms with E-state index in [-0.39, 0.29) is 24.9 Å². The minimum absolute atomic E-state index is 0.0899. The number of carbonyl (C=O) groups excluding carboxylic acids is 2. The Bertz CT molecular complexity index is 266. The first kappa shape index (κ1) is 14.4. The van der Waals surface area contributed by atoms with Gasteiger partial charge in [-0.15, -0.1) is 0 Å². The molecule has 3 N–H and O–H groups in total. The molecule has 0 aliphatic carbocycles. The van der Waals surface area contributed by atoms with Crippen molar-refractivity contribution in [3.05, 3.63) is 0 Å². The van der Waals surface area contributed by atoms with E-state index >= 15 is 0 Å². The van der Waals surface area contributed by atoms with E-state index in [1.54, 1.807) is 13.8 Å². The molecule has 0 bridgehead atoms. The van der Waals surface area contributed by atoms with Gasteiger partial charge in [0.1, 0.15) is 0 Å². The van der Waals surface area contributed by atoms with Crippen molar-refractivity contribution in [2.24, 2.45) is 5.92 Å². The fraction of sp³-hybridized carbons (Fsp3) is 0.700. The molecule has 0 heterocycles. The Kier molecular flexibility index (Phi) is 6.91. The van der Waals surface area contributed by atoms with Crippen molar-refractivity contribution in [1.29, 1.82) is 0 Å². The van der Waals surface area contributed by atoms with E-state index in [4.69, 9.17) is 5.11 Å². The zero-order valence-corrected chi connectivity index (χ0v) is 9.58. The second-order valence-corrected chi connectivity index (χ2v) is 3.38. The minimum atomic E-state index is -0.930.